The molecular formula is C10H23N. The predicted molar refractivity (Wildman–Crippen MR) is 51.8 cm³/mol. The van der Waals surface area contributed by atoms with Crippen molar-refractivity contribution in [2.45, 2.75) is 53.0 Å². The van der Waals surface area contributed by atoms with Crippen LogP contribution < -0.4 is 5.32 Å². The molecule has 0 aromatic heterocycles. The van der Waals surface area contributed by atoms with Gasteiger partial charge >= 0.3 is 0 Å². The van der Waals surface area contributed by atoms with E-state index in [0.29, 0.717) is 11.5 Å². The zero-order valence-electron chi connectivity index (χ0n) is 8.70. The fourth-order valence-electron chi connectivity index (χ4n) is 1.42. The first-order valence-electron chi connectivity index (χ1n) is 4.69. The Balaban J connectivity index is 3.76. The van der Waals surface area contributed by atoms with Crippen molar-refractivity contribution in [1.29, 1.82) is 0 Å². The molecule has 0 saturated heterocycles. The maximum absolute atomic E-state index is 3.38. The van der Waals surface area contributed by atoms with E-state index in [1.54, 1.807) is 0 Å². The van der Waals surface area contributed by atoms with Gasteiger partial charge in [-0.05, 0) is 18.9 Å². The fourth-order valence-corrected chi connectivity index (χ4v) is 1.42. The van der Waals surface area contributed by atoms with Crippen LogP contribution in [-0.2, 0) is 0 Å². The molecule has 1 unspecified atom stereocenters. The number of unbranched alkanes of at least 4 members (excludes halogenated alkanes) is 1. The Morgan fingerprint density at radius 1 is 1.27 bits per heavy atom. The topological polar surface area (TPSA) is 12.0 Å². The molecule has 0 aliphatic rings. The average Bonchev–Trinajstić information content (AvgIpc) is 1.87. The van der Waals surface area contributed by atoms with Gasteiger partial charge in [0.15, 0.2) is 0 Å². The first-order valence-corrected chi connectivity index (χ1v) is 4.69. The Labute approximate surface area is 71.6 Å². The van der Waals surface area contributed by atoms with Gasteiger partial charge in [0, 0.05) is 6.04 Å². The summed E-state index contributed by atoms with van der Waals surface area (Å²) < 4.78 is 0. The second-order valence-corrected chi connectivity index (χ2v) is 4.35. The second kappa shape index (κ2) is 4.76. The van der Waals surface area contributed by atoms with Crippen LogP contribution in [0, 0.1) is 5.41 Å². The third-order valence-corrected chi connectivity index (χ3v) is 2.24. The van der Waals surface area contributed by atoms with E-state index in [9.17, 15) is 0 Å². The minimum absolute atomic E-state index is 0.407. The van der Waals surface area contributed by atoms with Gasteiger partial charge in [-0.1, -0.05) is 40.5 Å². The van der Waals surface area contributed by atoms with E-state index in [1.165, 1.54) is 19.3 Å². The minimum atomic E-state index is 0.407. The summed E-state index contributed by atoms with van der Waals surface area (Å²) >= 11 is 0. The van der Waals surface area contributed by atoms with Crippen LogP contribution in [0.4, 0.5) is 0 Å². The highest BCUT2D eigenvalue weighted by molar-refractivity contribution is 4.78. The lowest BCUT2D eigenvalue weighted by Crippen LogP contribution is -2.37. The van der Waals surface area contributed by atoms with Gasteiger partial charge in [-0.3, -0.25) is 0 Å². The molecule has 1 nitrogen and oxygen atoms in total. The van der Waals surface area contributed by atoms with Gasteiger partial charge in [0.1, 0.15) is 0 Å². The summed E-state index contributed by atoms with van der Waals surface area (Å²) in [6, 6.07) is 0.669. The van der Waals surface area contributed by atoms with E-state index >= 15 is 0 Å². The highest BCUT2D eigenvalue weighted by atomic mass is 14.9. The molecule has 0 aromatic carbocycles. The van der Waals surface area contributed by atoms with Crippen molar-refractivity contribution in [2.75, 3.05) is 7.05 Å². The molecular weight excluding hydrogens is 134 g/mol. The van der Waals surface area contributed by atoms with Crippen molar-refractivity contribution in [1.82, 2.24) is 5.32 Å². The number of hydrogen-bond donors (Lipinski definition) is 1. The van der Waals surface area contributed by atoms with E-state index in [0.717, 1.165) is 0 Å². The summed E-state index contributed by atoms with van der Waals surface area (Å²) in [5.74, 6) is 0. The van der Waals surface area contributed by atoms with Crippen molar-refractivity contribution in [3.63, 3.8) is 0 Å². The Morgan fingerprint density at radius 3 is 2.09 bits per heavy atom. The quantitative estimate of drug-likeness (QED) is 0.661. The first kappa shape index (κ1) is 11.0. The molecule has 0 heterocycles. The maximum atomic E-state index is 3.38. The van der Waals surface area contributed by atoms with Crippen molar-refractivity contribution in [3.8, 4) is 0 Å². The zero-order chi connectivity index (χ0) is 8.91. The average molecular weight is 157 g/mol. The predicted octanol–water partition coefficient (Wildman–Crippen LogP) is 2.81. The second-order valence-electron chi connectivity index (χ2n) is 4.35. The lowest BCUT2D eigenvalue weighted by Gasteiger charge is -2.30. The lowest BCUT2D eigenvalue weighted by atomic mass is 9.84. The third kappa shape index (κ3) is 4.41. The van der Waals surface area contributed by atoms with Crippen LogP contribution in [0.25, 0.3) is 0 Å². The molecule has 0 amide bonds. The number of hydrogen-bond acceptors (Lipinski definition) is 1. The van der Waals surface area contributed by atoms with Crippen molar-refractivity contribution < 1.29 is 0 Å². The van der Waals surface area contributed by atoms with Crippen molar-refractivity contribution >= 4 is 0 Å². The van der Waals surface area contributed by atoms with Gasteiger partial charge in [0.25, 0.3) is 0 Å². The minimum Gasteiger partial charge on any atom is -0.316 e. The van der Waals surface area contributed by atoms with Crippen molar-refractivity contribution in [2.24, 2.45) is 5.41 Å². The molecule has 11 heavy (non-hydrogen) atoms. The molecule has 1 heteroatoms. The normalized spacial score (nSPS) is 15.0. The van der Waals surface area contributed by atoms with Gasteiger partial charge in [0.2, 0.25) is 0 Å². The molecule has 0 radical (unpaired) electrons. The molecule has 0 aromatic rings. The smallest absolute Gasteiger partial charge is 0.0113 e. The largest absolute Gasteiger partial charge is 0.316 e. The number of rotatable bonds is 4. The van der Waals surface area contributed by atoms with Crippen LogP contribution >= 0.6 is 0 Å². The molecule has 0 saturated carbocycles. The van der Waals surface area contributed by atoms with Gasteiger partial charge < -0.3 is 5.32 Å². The molecule has 0 spiro atoms. The maximum Gasteiger partial charge on any atom is 0.0113 e. The van der Waals surface area contributed by atoms with Crippen LogP contribution in [0.1, 0.15) is 47.0 Å². The molecule has 0 bridgehead atoms. The molecule has 0 fully saturated rings. The van der Waals surface area contributed by atoms with E-state index in [-0.39, 0.29) is 0 Å². The molecule has 0 aliphatic carbocycles. The summed E-state index contributed by atoms with van der Waals surface area (Å²) in [4.78, 5) is 0. The Bertz CT molecular complexity index is 91.5. The van der Waals surface area contributed by atoms with Gasteiger partial charge in [-0.15, -0.1) is 0 Å². The Morgan fingerprint density at radius 2 is 1.82 bits per heavy atom. The zero-order valence-corrected chi connectivity index (χ0v) is 8.70. The molecule has 68 valence electrons. The highest BCUT2D eigenvalue weighted by Gasteiger charge is 2.21. The van der Waals surface area contributed by atoms with Crippen LogP contribution in [0.5, 0.6) is 0 Å². The summed E-state index contributed by atoms with van der Waals surface area (Å²) in [5.41, 5.74) is 0.407. The van der Waals surface area contributed by atoms with Crippen LogP contribution in [0.2, 0.25) is 0 Å². The summed E-state index contributed by atoms with van der Waals surface area (Å²) in [5, 5.41) is 3.38. The number of nitrogens with one attached hydrogen (secondary N) is 1. The van der Waals surface area contributed by atoms with E-state index in [1.807, 2.05) is 0 Å². The molecule has 1 atom stereocenters. The Kier molecular flexibility index (Phi) is 4.74. The van der Waals surface area contributed by atoms with Crippen molar-refractivity contribution in [3.05, 3.63) is 0 Å². The molecule has 0 rings (SSSR count). The van der Waals surface area contributed by atoms with Crippen LogP contribution in [0.3, 0.4) is 0 Å². The summed E-state index contributed by atoms with van der Waals surface area (Å²) in [6.45, 7) is 9.13. The Hall–Kier alpha value is -0.0400. The van der Waals surface area contributed by atoms with E-state index in [2.05, 4.69) is 40.1 Å². The molecule has 0 aliphatic heterocycles. The fraction of sp³-hybridized carbons (Fsp3) is 1.00. The molecule has 1 N–H and O–H groups in total. The lowest BCUT2D eigenvalue weighted by molar-refractivity contribution is 0.263. The first-order chi connectivity index (χ1) is 5.02. The van der Waals surface area contributed by atoms with Gasteiger partial charge in [-0.2, -0.15) is 0 Å². The van der Waals surface area contributed by atoms with Crippen LogP contribution in [-0.4, -0.2) is 13.1 Å². The van der Waals surface area contributed by atoms with E-state index in [4.69, 9.17) is 0 Å². The SMILES string of the molecule is CCCCC(NC)C(C)(C)C. The van der Waals surface area contributed by atoms with Gasteiger partial charge in [-0.25, -0.2) is 0 Å². The summed E-state index contributed by atoms with van der Waals surface area (Å²) in [7, 11) is 2.06. The third-order valence-electron chi connectivity index (χ3n) is 2.24. The monoisotopic (exact) mass is 157 g/mol. The highest BCUT2D eigenvalue weighted by Crippen LogP contribution is 2.22. The van der Waals surface area contributed by atoms with E-state index < -0.39 is 0 Å². The van der Waals surface area contributed by atoms with Crippen LogP contribution in [0.15, 0.2) is 0 Å². The van der Waals surface area contributed by atoms with Gasteiger partial charge in [0.05, 0.1) is 0 Å². The standard InChI is InChI=1S/C10H23N/c1-6-7-8-9(11-5)10(2,3)4/h9,11H,6-8H2,1-5H3. The summed E-state index contributed by atoms with van der Waals surface area (Å²) in [6.07, 6.45) is 3.94.